The van der Waals surface area contributed by atoms with E-state index in [1.54, 1.807) is 27.7 Å². The van der Waals surface area contributed by atoms with Crippen LogP contribution in [0.4, 0.5) is 0 Å². The summed E-state index contributed by atoms with van der Waals surface area (Å²) in [7, 11) is 0. The van der Waals surface area contributed by atoms with Crippen molar-refractivity contribution < 1.29 is 53.1 Å². The van der Waals surface area contributed by atoms with E-state index in [4.69, 9.17) is 0 Å². The second-order valence-corrected chi connectivity index (χ2v) is 6.39. The summed E-state index contributed by atoms with van der Waals surface area (Å²) < 4.78 is 0. The van der Waals surface area contributed by atoms with Gasteiger partial charge in [0.2, 0.25) is 0 Å². The fourth-order valence-electron chi connectivity index (χ4n) is 2.55. The van der Waals surface area contributed by atoms with Gasteiger partial charge in [0.15, 0.2) is 23.0 Å². The van der Waals surface area contributed by atoms with Gasteiger partial charge >= 0.3 is 0 Å². The van der Waals surface area contributed by atoms with Crippen LogP contribution in [-0.2, 0) is 32.7 Å². The zero-order valence-corrected chi connectivity index (χ0v) is 19.2. The Bertz CT molecular complexity index is 518. The van der Waals surface area contributed by atoms with E-state index in [1.165, 1.54) is 0 Å². The van der Waals surface area contributed by atoms with E-state index < -0.39 is 0 Å². The molecule has 0 aliphatic rings. The Labute approximate surface area is 175 Å². The smallest absolute Gasteiger partial charge is 0.160 e. The fourth-order valence-corrected chi connectivity index (χ4v) is 2.55. The predicted octanol–water partition coefficient (Wildman–Crippen LogP) is 4.66. The Morgan fingerprint density at radius 1 is 0.320 bits per heavy atom. The topological polar surface area (TPSA) is 80.9 Å². The normalized spacial score (nSPS) is 9.92. The molecule has 5 heteroatoms. The number of phenols is 4. The van der Waals surface area contributed by atoms with Gasteiger partial charge in [-0.3, -0.25) is 0 Å². The first-order chi connectivity index (χ1) is 10.9. The van der Waals surface area contributed by atoms with Gasteiger partial charge in [-0.05, 0) is 99.9 Å². The summed E-state index contributed by atoms with van der Waals surface area (Å²) in [5.74, 6) is 0.0393. The van der Waals surface area contributed by atoms with Crippen LogP contribution in [0.15, 0.2) is 0 Å². The Morgan fingerprint density at radius 3 is 0.560 bits per heavy atom. The average Bonchev–Trinajstić information content (AvgIpc) is 2.58. The molecule has 0 saturated heterocycles. The van der Waals surface area contributed by atoms with E-state index >= 15 is 0 Å². The maximum absolute atomic E-state index is 9.44. The third-order valence-electron chi connectivity index (χ3n) is 5.24. The first kappa shape index (κ1) is 23.7. The second-order valence-electron chi connectivity index (χ2n) is 6.39. The quantitative estimate of drug-likeness (QED) is 0.467. The van der Waals surface area contributed by atoms with Crippen LogP contribution in [-0.4, -0.2) is 20.4 Å². The van der Waals surface area contributed by atoms with Crippen molar-refractivity contribution in [3.05, 3.63) is 44.5 Å². The van der Waals surface area contributed by atoms with Crippen molar-refractivity contribution in [3.8, 4) is 23.0 Å². The molecule has 0 aromatic heterocycles. The van der Waals surface area contributed by atoms with E-state index in [1.807, 2.05) is 27.7 Å². The molecule has 0 heterocycles. The molecule has 1 radical (unpaired) electrons. The Balaban J connectivity index is 0.000000443. The second kappa shape index (κ2) is 8.91. The third kappa shape index (κ3) is 4.48. The molecule has 25 heavy (non-hydrogen) atoms. The molecule has 0 fully saturated rings. The summed E-state index contributed by atoms with van der Waals surface area (Å²) in [4.78, 5) is 0. The number of phenolic OH excluding ortho intramolecular Hbond substituents is 4. The van der Waals surface area contributed by atoms with Gasteiger partial charge in [0.25, 0.3) is 0 Å². The van der Waals surface area contributed by atoms with Gasteiger partial charge in [0, 0.05) is 32.7 Å². The SMILES string of the molecule is Cc1c(C)c(C)c(O)c(O)c1C.Cc1c(C)c(C)c(O)c(O)c1C.[Y]. The summed E-state index contributed by atoms with van der Waals surface area (Å²) >= 11 is 0. The molecule has 0 saturated carbocycles. The minimum Gasteiger partial charge on any atom is -0.504 e. The summed E-state index contributed by atoms with van der Waals surface area (Å²) in [6.07, 6.45) is 0. The number of aromatic hydroxyl groups is 4. The Kier molecular flexibility index (Phi) is 8.46. The summed E-state index contributed by atoms with van der Waals surface area (Å²) in [6.45, 7) is 15.0. The number of rotatable bonds is 0. The summed E-state index contributed by atoms with van der Waals surface area (Å²) in [5.41, 5.74) is 7.22. The first-order valence-corrected chi connectivity index (χ1v) is 7.89. The van der Waals surface area contributed by atoms with Crippen LogP contribution in [0.5, 0.6) is 23.0 Å². The average molecular weight is 421 g/mol. The van der Waals surface area contributed by atoms with E-state index in [0.29, 0.717) is 0 Å². The molecule has 4 N–H and O–H groups in total. The summed E-state index contributed by atoms with van der Waals surface area (Å²) in [5, 5.41) is 37.8. The monoisotopic (exact) mass is 421 g/mol. The van der Waals surface area contributed by atoms with E-state index in [2.05, 4.69) is 0 Å². The molecule has 0 aliphatic heterocycles. The van der Waals surface area contributed by atoms with E-state index in [9.17, 15) is 20.4 Å². The van der Waals surface area contributed by atoms with Crippen LogP contribution in [0, 0.1) is 55.4 Å². The van der Waals surface area contributed by atoms with Crippen molar-refractivity contribution >= 4 is 0 Å². The van der Waals surface area contributed by atoms with Crippen LogP contribution >= 0.6 is 0 Å². The summed E-state index contributed by atoms with van der Waals surface area (Å²) in [6, 6.07) is 0. The zero-order chi connectivity index (χ0) is 18.9. The molecule has 0 aliphatic carbocycles. The van der Waals surface area contributed by atoms with Gasteiger partial charge in [0.1, 0.15) is 0 Å². The zero-order valence-electron chi connectivity index (χ0n) is 16.4. The molecule has 2 aromatic carbocycles. The van der Waals surface area contributed by atoms with Gasteiger partial charge < -0.3 is 20.4 Å². The molecule has 0 bridgehead atoms. The number of benzene rings is 2. The molecule has 0 atom stereocenters. The van der Waals surface area contributed by atoms with Gasteiger partial charge in [-0.1, -0.05) is 0 Å². The van der Waals surface area contributed by atoms with E-state index in [-0.39, 0.29) is 55.7 Å². The van der Waals surface area contributed by atoms with Crippen molar-refractivity contribution in [3.63, 3.8) is 0 Å². The minimum absolute atomic E-state index is 0. The fraction of sp³-hybridized carbons (Fsp3) is 0.400. The Morgan fingerprint density at radius 2 is 0.440 bits per heavy atom. The van der Waals surface area contributed by atoms with Crippen molar-refractivity contribution in [2.75, 3.05) is 0 Å². The van der Waals surface area contributed by atoms with Crippen LogP contribution in [0.2, 0.25) is 0 Å². The molecule has 0 spiro atoms. The van der Waals surface area contributed by atoms with Crippen LogP contribution in [0.25, 0.3) is 0 Å². The van der Waals surface area contributed by atoms with E-state index in [0.717, 1.165) is 44.5 Å². The number of hydrogen-bond donors (Lipinski definition) is 4. The number of hydrogen-bond acceptors (Lipinski definition) is 4. The van der Waals surface area contributed by atoms with Crippen LogP contribution < -0.4 is 0 Å². The van der Waals surface area contributed by atoms with Crippen LogP contribution in [0.3, 0.4) is 0 Å². The van der Waals surface area contributed by atoms with Crippen molar-refractivity contribution in [2.45, 2.75) is 55.4 Å². The molecule has 135 valence electrons. The van der Waals surface area contributed by atoms with Crippen LogP contribution in [0.1, 0.15) is 44.5 Å². The maximum atomic E-state index is 9.44. The largest absolute Gasteiger partial charge is 0.504 e. The molecular weight excluding hydrogens is 393 g/mol. The minimum atomic E-state index is 0. The van der Waals surface area contributed by atoms with Gasteiger partial charge in [-0.15, -0.1) is 0 Å². The van der Waals surface area contributed by atoms with Gasteiger partial charge in [0.05, 0.1) is 0 Å². The molecule has 0 amide bonds. The molecule has 0 unspecified atom stereocenters. The van der Waals surface area contributed by atoms with Crippen molar-refractivity contribution in [1.82, 2.24) is 0 Å². The van der Waals surface area contributed by atoms with Crippen molar-refractivity contribution in [1.29, 1.82) is 0 Å². The first-order valence-electron chi connectivity index (χ1n) is 7.89. The predicted molar refractivity (Wildman–Crippen MR) is 97.4 cm³/mol. The Hall–Kier alpha value is -1.26. The van der Waals surface area contributed by atoms with Gasteiger partial charge in [-0.25, -0.2) is 0 Å². The third-order valence-corrected chi connectivity index (χ3v) is 5.24. The maximum Gasteiger partial charge on any atom is 0.160 e. The molecule has 2 rings (SSSR count). The molecule has 4 nitrogen and oxygen atoms in total. The van der Waals surface area contributed by atoms with Gasteiger partial charge in [-0.2, -0.15) is 0 Å². The van der Waals surface area contributed by atoms with Crippen molar-refractivity contribution in [2.24, 2.45) is 0 Å². The molecular formula is C20H28O4Y. The standard InChI is InChI=1S/2C10H14O2.Y/c2*1-5-6(2)8(4)10(12)9(11)7(5)3;/h2*11-12H,1-4H3;. The molecule has 2 aromatic rings.